The number of aromatic nitrogens is 3. The van der Waals surface area contributed by atoms with Gasteiger partial charge in [0.2, 0.25) is 0 Å². The Balaban J connectivity index is 2.02. The lowest BCUT2D eigenvalue weighted by Crippen LogP contribution is -1.99. The zero-order valence-corrected chi connectivity index (χ0v) is 10.2. The Morgan fingerprint density at radius 3 is 2.88 bits per heavy atom. The van der Waals surface area contributed by atoms with Crippen LogP contribution in [0.2, 0.25) is 5.02 Å². The highest BCUT2D eigenvalue weighted by atomic mass is 35.5. The Morgan fingerprint density at radius 2 is 2.29 bits per heavy atom. The number of nitrogens with zero attached hydrogens (tertiary/aromatic N) is 3. The minimum Gasteiger partial charge on any atom is -0.487 e. The summed E-state index contributed by atoms with van der Waals surface area (Å²) in [7, 11) is 1.81. The fourth-order valence-electron chi connectivity index (χ4n) is 1.40. The minimum atomic E-state index is 0.367. The molecule has 0 aliphatic carbocycles. The predicted molar refractivity (Wildman–Crippen MR) is 64.7 cm³/mol. The molecule has 0 aliphatic rings. The zero-order valence-electron chi connectivity index (χ0n) is 9.43. The maximum Gasteiger partial charge on any atom is 0.134 e. The molecule has 0 saturated heterocycles. The molecular formula is C11H13ClN4O. The molecule has 90 valence electrons. The van der Waals surface area contributed by atoms with Gasteiger partial charge in [-0.25, -0.2) is 0 Å². The Bertz CT molecular complexity index is 512. The third-order valence-corrected chi connectivity index (χ3v) is 2.63. The third-order valence-electron chi connectivity index (χ3n) is 2.28. The van der Waals surface area contributed by atoms with Crippen molar-refractivity contribution in [2.75, 3.05) is 0 Å². The summed E-state index contributed by atoms with van der Waals surface area (Å²) < 4.78 is 7.17. The van der Waals surface area contributed by atoms with E-state index in [4.69, 9.17) is 22.1 Å². The summed E-state index contributed by atoms with van der Waals surface area (Å²) >= 11 is 6.02. The van der Waals surface area contributed by atoms with Gasteiger partial charge in [0.25, 0.3) is 0 Å². The van der Waals surface area contributed by atoms with E-state index < -0.39 is 0 Å². The van der Waals surface area contributed by atoms with Crippen molar-refractivity contribution in [3.63, 3.8) is 0 Å². The number of rotatable bonds is 4. The lowest BCUT2D eigenvalue weighted by Gasteiger charge is -2.06. The summed E-state index contributed by atoms with van der Waals surface area (Å²) in [5.41, 5.74) is 7.19. The van der Waals surface area contributed by atoms with E-state index in [9.17, 15) is 0 Å². The number of ether oxygens (including phenoxy) is 1. The van der Waals surface area contributed by atoms with Crippen LogP contribution in [0.4, 0.5) is 0 Å². The lowest BCUT2D eigenvalue weighted by molar-refractivity contribution is 0.301. The highest BCUT2D eigenvalue weighted by Crippen LogP contribution is 2.22. The van der Waals surface area contributed by atoms with Crippen LogP contribution in [-0.2, 0) is 20.2 Å². The van der Waals surface area contributed by atoms with Gasteiger partial charge < -0.3 is 10.5 Å². The van der Waals surface area contributed by atoms with Crippen LogP contribution >= 0.6 is 11.6 Å². The van der Waals surface area contributed by atoms with Gasteiger partial charge in [0, 0.05) is 18.6 Å². The molecule has 1 aromatic heterocycles. The van der Waals surface area contributed by atoms with E-state index in [2.05, 4.69) is 10.3 Å². The van der Waals surface area contributed by atoms with Gasteiger partial charge in [0.15, 0.2) is 0 Å². The van der Waals surface area contributed by atoms with Crippen molar-refractivity contribution in [3.05, 3.63) is 40.7 Å². The van der Waals surface area contributed by atoms with Gasteiger partial charge in [-0.2, -0.15) is 0 Å². The molecule has 0 fully saturated rings. The molecule has 0 saturated carbocycles. The average molecular weight is 253 g/mol. The summed E-state index contributed by atoms with van der Waals surface area (Å²) in [5, 5.41) is 8.35. The van der Waals surface area contributed by atoms with E-state index in [-0.39, 0.29) is 0 Å². The smallest absolute Gasteiger partial charge is 0.134 e. The molecule has 1 heterocycles. The molecule has 0 unspecified atom stereocenters. The SMILES string of the molecule is Cn1cc(COc2ccc(CN)c(Cl)c2)nn1. The molecule has 2 N–H and O–H groups in total. The Hall–Kier alpha value is -1.59. The van der Waals surface area contributed by atoms with Crippen LogP contribution in [0.3, 0.4) is 0 Å². The predicted octanol–water partition coefficient (Wildman–Crippen LogP) is 1.51. The Morgan fingerprint density at radius 1 is 1.47 bits per heavy atom. The molecule has 1 aromatic carbocycles. The maximum absolute atomic E-state index is 6.02. The quantitative estimate of drug-likeness (QED) is 0.896. The van der Waals surface area contributed by atoms with E-state index >= 15 is 0 Å². The van der Waals surface area contributed by atoms with Crippen molar-refractivity contribution in [1.82, 2.24) is 15.0 Å². The first-order chi connectivity index (χ1) is 8.19. The van der Waals surface area contributed by atoms with E-state index in [1.54, 1.807) is 16.9 Å². The lowest BCUT2D eigenvalue weighted by atomic mass is 10.2. The van der Waals surface area contributed by atoms with E-state index in [1.807, 2.05) is 19.2 Å². The zero-order chi connectivity index (χ0) is 12.3. The van der Waals surface area contributed by atoms with Crippen LogP contribution in [-0.4, -0.2) is 15.0 Å². The van der Waals surface area contributed by atoms with Crippen molar-refractivity contribution in [2.45, 2.75) is 13.2 Å². The second-order valence-electron chi connectivity index (χ2n) is 3.63. The molecule has 6 heteroatoms. The number of nitrogens with two attached hydrogens (primary N) is 1. The van der Waals surface area contributed by atoms with Crippen LogP contribution in [0.25, 0.3) is 0 Å². The van der Waals surface area contributed by atoms with Gasteiger partial charge in [-0.15, -0.1) is 5.10 Å². The van der Waals surface area contributed by atoms with Gasteiger partial charge in [0.05, 0.1) is 6.20 Å². The summed E-state index contributed by atoms with van der Waals surface area (Å²) in [4.78, 5) is 0. The van der Waals surface area contributed by atoms with Crippen molar-refractivity contribution < 1.29 is 4.74 Å². The van der Waals surface area contributed by atoms with Crippen LogP contribution in [0.15, 0.2) is 24.4 Å². The first-order valence-corrected chi connectivity index (χ1v) is 5.53. The highest BCUT2D eigenvalue weighted by molar-refractivity contribution is 6.31. The number of aryl methyl sites for hydroxylation is 1. The molecule has 0 spiro atoms. The largest absolute Gasteiger partial charge is 0.487 e. The molecule has 0 atom stereocenters. The van der Waals surface area contributed by atoms with E-state index in [0.717, 1.165) is 11.3 Å². The number of benzene rings is 1. The molecule has 17 heavy (non-hydrogen) atoms. The Labute approximate surface area is 104 Å². The molecule has 5 nitrogen and oxygen atoms in total. The number of hydrogen-bond donors (Lipinski definition) is 1. The van der Waals surface area contributed by atoms with E-state index in [1.165, 1.54) is 0 Å². The first-order valence-electron chi connectivity index (χ1n) is 5.15. The molecule has 0 radical (unpaired) electrons. The van der Waals surface area contributed by atoms with Crippen LogP contribution in [0.1, 0.15) is 11.3 Å². The van der Waals surface area contributed by atoms with Crippen molar-refractivity contribution in [2.24, 2.45) is 12.8 Å². The van der Waals surface area contributed by atoms with Crippen LogP contribution < -0.4 is 10.5 Å². The minimum absolute atomic E-state index is 0.367. The third kappa shape index (κ3) is 2.95. The molecular weight excluding hydrogens is 240 g/mol. The first kappa shape index (κ1) is 11.9. The van der Waals surface area contributed by atoms with Crippen LogP contribution in [0.5, 0.6) is 5.75 Å². The Kier molecular flexibility index (Phi) is 3.61. The summed E-state index contributed by atoms with van der Waals surface area (Å²) in [5.74, 6) is 0.692. The summed E-state index contributed by atoms with van der Waals surface area (Å²) in [6.45, 7) is 0.787. The number of hydrogen-bond acceptors (Lipinski definition) is 4. The number of halogens is 1. The molecule has 0 aliphatic heterocycles. The van der Waals surface area contributed by atoms with Gasteiger partial charge in [-0.3, -0.25) is 4.68 Å². The summed E-state index contributed by atoms with van der Waals surface area (Å²) in [6.07, 6.45) is 1.80. The van der Waals surface area contributed by atoms with Crippen molar-refractivity contribution >= 4 is 11.6 Å². The molecule has 2 rings (SSSR count). The second kappa shape index (κ2) is 5.16. The summed E-state index contributed by atoms with van der Waals surface area (Å²) in [6, 6.07) is 5.44. The van der Waals surface area contributed by atoms with E-state index in [0.29, 0.717) is 23.9 Å². The van der Waals surface area contributed by atoms with Gasteiger partial charge in [-0.1, -0.05) is 22.9 Å². The molecule has 0 bridgehead atoms. The standard InChI is InChI=1S/C11H13ClN4O/c1-16-6-9(14-15-16)7-17-10-3-2-8(5-13)11(12)4-10/h2-4,6H,5,7,13H2,1H3. The van der Waals surface area contributed by atoms with Crippen LogP contribution in [0, 0.1) is 0 Å². The maximum atomic E-state index is 6.02. The molecule has 2 aromatic rings. The van der Waals surface area contributed by atoms with Gasteiger partial charge in [0.1, 0.15) is 18.1 Å². The van der Waals surface area contributed by atoms with Crippen molar-refractivity contribution in [3.8, 4) is 5.75 Å². The monoisotopic (exact) mass is 252 g/mol. The second-order valence-corrected chi connectivity index (χ2v) is 4.04. The van der Waals surface area contributed by atoms with Crippen molar-refractivity contribution in [1.29, 1.82) is 0 Å². The fourth-order valence-corrected chi connectivity index (χ4v) is 1.65. The molecule has 0 amide bonds. The fraction of sp³-hybridized carbons (Fsp3) is 0.273. The average Bonchev–Trinajstić information content (AvgIpc) is 2.73. The topological polar surface area (TPSA) is 66.0 Å². The van der Waals surface area contributed by atoms with Gasteiger partial charge >= 0.3 is 0 Å². The normalized spacial score (nSPS) is 10.5. The van der Waals surface area contributed by atoms with Gasteiger partial charge in [-0.05, 0) is 17.7 Å². The highest BCUT2D eigenvalue weighted by Gasteiger charge is 2.03.